The van der Waals surface area contributed by atoms with E-state index in [1.807, 2.05) is 0 Å². The molecule has 2 nitrogen and oxygen atoms in total. The van der Waals surface area contributed by atoms with Crippen molar-refractivity contribution in [1.29, 1.82) is 0 Å². The van der Waals surface area contributed by atoms with Gasteiger partial charge < -0.3 is 4.74 Å². The molecule has 3 heteroatoms. The molecule has 0 N–H and O–H groups in total. The summed E-state index contributed by atoms with van der Waals surface area (Å²) in [6.45, 7) is 4.75. The number of hydrogen-bond donors (Lipinski definition) is 0. The third-order valence-corrected chi connectivity index (χ3v) is 1.50. The van der Waals surface area contributed by atoms with E-state index in [0.29, 0.717) is 13.0 Å². The van der Waals surface area contributed by atoms with Crippen LogP contribution in [-0.4, -0.2) is 36.5 Å². The van der Waals surface area contributed by atoms with Crippen LogP contribution in [0.15, 0.2) is 0 Å². The molecule has 0 rings (SSSR count). The number of esters is 1. The SMILES string of the molecule is CCCCOC(=O)CCCC.[SnH4]. The summed E-state index contributed by atoms with van der Waals surface area (Å²) in [7, 11) is 0. The molecular formula is C9H22O2Sn. The Morgan fingerprint density at radius 2 is 1.75 bits per heavy atom. The third kappa shape index (κ3) is 10.3. The summed E-state index contributed by atoms with van der Waals surface area (Å²) in [6, 6.07) is 0. The first-order valence-corrected chi connectivity index (χ1v) is 4.46. The van der Waals surface area contributed by atoms with Gasteiger partial charge in [-0.25, -0.2) is 0 Å². The van der Waals surface area contributed by atoms with Crippen LogP contribution in [0, 0.1) is 0 Å². The first-order valence-electron chi connectivity index (χ1n) is 4.46. The van der Waals surface area contributed by atoms with Crippen molar-refractivity contribution in [2.75, 3.05) is 6.61 Å². The Morgan fingerprint density at radius 1 is 1.17 bits per heavy atom. The van der Waals surface area contributed by atoms with Gasteiger partial charge >= 0.3 is 29.9 Å². The Labute approximate surface area is 92.0 Å². The molecule has 0 aliphatic rings. The van der Waals surface area contributed by atoms with Gasteiger partial charge in [-0.15, -0.1) is 0 Å². The van der Waals surface area contributed by atoms with Crippen molar-refractivity contribution in [3.63, 3.8) is 0 Å². The van der Waals surface area contributed by atoms with Crippen LogP contribution in [0.2, 0.25) is 0 Å². The van der Waals surface area contributed by atoms with Crippen LogP contribution >= 0.6 is 0 Å². The van der Waals surface area contributed by atoms with Gasteiger partial charge in [0.15, 0.2) is 0 Å². The van der Waals surface area contributed by atoms with Crippen molar-refractivity contribution in [1.82, 2.24) is 0 Å². The second kappa shape index (κ2) is 11.3. The molecule has 0 aromatic carbocycles. The van der Waals surface area contributed by atoms with E-state index in [1.165, 1.54) is 0 Å². The standard InChI is InChI=1S/C9H18O2.Sn.4H/c1-3-5-7-9(10)11-8-6-4-2;;;;;/h3-8H2,1-2H3;;;;;. The van der Waals surface area contributed by atoms with Gasteiger partial charge in [-0.2, -0.15) is 0 Å². The zero-order valence-corrected chi connectivity index (χ0v) is 7.56. The summed E-state index contributed by atoms with van der Waals surface area (Å²) in [6.07, 6.45) is 4.66. The van der Waals surface area contributed by atoms with Crippen molar-refractivity contribution in [2.45, 2.75) is 46.0 Å². The molecule has 0 heterocycles. The molecule has 0 aromatic rings. The van der Waals surface area contributed by atoms with E-state index >= 15 is 0 Å². The van der Waals surface area contributed by atoms with Crippen molar-refractivity contribution in [2.24, 2.45) is 0 Å². The summed E-state index contributed by atoms with van der Waals surface area (Å²) in [5.41, 5.74) is 0. The van der Waals surface area contributed by atoms with E-state index in [1.54, 1.807) is 0 Å². The Hall–Kier alpha value is 0.269. The monoisotopic (exact) mass is 282 g/mol. The van der Waals surface area contributed by atoms with Crippen LogP contribution in [0.1, 0.15) is 46.0 Å². The minimum absolute atomic E-state index is 0. The van der Waals surface area contributed by atoms with Crippen LogP contribution in [0.25, 0.3) is 0 Å². The fraction of sp³-hybridized carbons (Fsp3) is 0.889. The molecule has 0 aromatic heterocycles. The Morgan fingerprint density at radius 3 is 2.25 bits per heavy atom. The van der Waals surface area contributed by atoms with E-state index in [9.17, 15) is 4.79 Å². The van der Waals surface area contributed by atoms with Crippen molar-refractivity contribution in [3.05, 3.63) is 0 Å². The van der Waals surface area contributed by atoms with Crippen LogP contribution in [0.3, 0.4) is 0 Å². The minimum atomic E-state index is -0.0414. The molecule has 74 valence electrons. The maximum absolute atomic E-state index is 10.9. The predicted octanol–water partition coefficient (Wildman–Crippen LogP) is 1.07. The predicted molar refractivity (Wildman–Crippen MR) is 56.7 cm³/mol. The Bertz CT molecular complexity index is 105. The molecular weight excluding hydrogens is 259 g/mol. The normalized spacial score (nSPS) is 8.83. The average Bonchev–Trinajstić information content (AvgIpc) is 2.01. The molecule has 12 heavy (non-hydrogen) atoms. The van der Waals surface area contributed by atoms with E-state index in [0.717, 1.165) is 25.7 Å². The van der Waals surface area contributed by atoms with Gasteiger partial charge in [-0.3, -0.25) is 4.79 Å². The number of unbranched alkanes of at least 4 members (excludes halogenated alkanes) is 2. The quantitative estimate of drug-likeness (QED) is 0.413. The molecule has 0 aliphatic carbocycles. The molecule has 0 bridgehead atoms. The molecule has 0 fully saturated rings. The van der Waals surface area contributed by atoms with Crippen LogP contribution < -0.4 is 0 Å². The maximum atomic E-state index is 10.9. The second-order valence-corrected chi connectivity index (χ2v) is 2.68. The Balaban J connectivity index is 0. The molecule has 0 spiro atoms. The molecule has 0 amide bonds. The molecule has 0 atom stereocenters. The van der Waals surface area contributed by atoms with Gasteiger partial charge in [0.25, 0.3) is 0 Å². The average molecular weight is 281 g/mol. The van der Waals surface area contributed by atoms with Crippen molar-refractivity contribution >= 4 is 29.9 Å². The number of carbonyl (C=O) groups is 1. The summed E-state index contributed by atoms with van der Waals surface area (Å²) in [4.78, 5) is 10.9. The summed E-state index contributed by atoms with van der Waals surface area (Å²) in [5, 5.41) is 0. The van der Waals surface area contributed by atoms with Gasteiger partial charge in [0.2, 0.25) is 0 Å². The number of hydrogen-bond acceptors (Lipinski definition) is 2. The van der Waals surface area contributed by atoms with Gasteiger partial charge in [0, 0.05) is 6.42 Å². The molecule has 0 unspecified atom stereocenters. The Kier molecular flexibility index (Phi) is 13.9. The topological polar surface area (TPSA) is 26.3 Å². The molecule has 0 aliphatic heterocycles. The molecule has 0 radical (unpaired) electrons. The van der Waals surface area contributed by atoms with Gasteiger partial charge in [-0.1, -0.05) is 26.7 Å². The van der Waals surface area contributed by atoms with Crippen molar-refractivity contribution < 1.29 is 9.53 Å². The number of ether oxygens (including phenoxy) is 1. The first kappa shape index (κ1) is 14.8. The van der Waals surface area contributed by atoms with E-state index in [-0.39, 0.29) is 29.9 Å². The van der Waals surface area contributed by atoms with Gasteiger partial charge in [0.1, 0.15) is 0 Å². The van der Waals surface area contributed by atoms with Crippen molar-refractivity contribution in [3.8, 4) is 0 Å². The summed E-state index contributed by atoms with van der Waals surface area (Å²) < 4.78 is 4.95. The van der Waals surface area contributed by atoms with Crippen LogP contribution in [-0.2, 0) is 9.53 Å². The zero-order valence-electron chi connectivity index (χ0n) is 7.56. The first-order chi connectivity index (χ1) is 5.31. The summed E-state index contributed by atoms with van der Waals surface area (Å²) >= 11 is 0. The van der Waals surface area contributed by atoms with E-state index in [4.69, 9.17) is 4.74 Å². The molecule has 0 saturated carbocycles. The molecule has 0 saturated heterocycles. The van der Waals surface area contributed by atoms with E-state index < -0.39 is 0 Å². The van der Waals surface area contributed by atoms with Gasteiger partial charge in [-0.05, 0) is 12.8 Å². The number of carbonyl (C=O) groups excluding carboxylic acids is 1. The van der Waals surface area contributed by atoms with E-state index in [2.05, 4.69) is 13.8 Å². The van der Waals surface area contributed by atoms with Crippen LogP contribution in [0.4, 0.5) is 0 Å². The number of rotatable bonds is 6. The zero-order chi connectivity index (χ0) is 8.53. The summed E-state index contributed by atoms with van der Waals surface area (Å²) in [5.74, 6) is -0.0414. The second-order valence-electron chi connectivity index (χ2n) is 2.68. The van der Waals surface area contributed by atoms with Gasteiger partial charge in [0.05, 0.1) is 6.61 Å². The van der Waals surface area contributed by atoms with Crippen LogP contribution in [0.5, 0.6) is 0 Å². The fourth-order valence-electron chi connectivity index (χ4n) is 0.724. The fourth-order valence-corrected chi connectivity index (χ4v) is 0.724. The third-order valence-electron chi connectivity index (χ3n) is 1.50.